The molecule has 0 radical (unpaired) electrons. The highest BCUT2D eigenvalue weighted by molar-refractivity contribution is 7.91. The summed E-state index contributed by atoms with van der Waals surface area (Å²) >= 11 is 1.46. The van der Waals surface area contributed by atoms with Gasteiger partial charge in [-0.05, 0) is 6.42 Å². The highest BCUT2D eigenvalue weighted by Crippen LogP contribution is 2.31. The summed E-state index contributed by atoms with van der Waals surface area (Å²) in [7, 11) is -2.90. The van der Waals surface area contributed by atoms with Gasteiger partial charge in [-0.3, -0.25) is 4.79 Å². The third-order valence-corrected chi connectivity index (χ3v) is 6.41. The van der Waals surface area contributed by atoms with Crippen molar-refractivity contribution in [2.45, 2.75) is 18.8 Å². The van der Waals surface area contributed by atoms with Crippen LogP contribution in [0.2, 0.25) is 0 Å². The molecule has 1 aromatic heterocycles. The molecule has 4 nitrogen and oxygen atoms in total. The highest BCUT2D eigenvalue weighted by Gasteiger charge is 2.31. The lowest BCUT2D eigenvalue weighted by Gasteiger charge is -2.01. The van der Waals surface area contributed by atoms with Crippen molar-refractivity contribution in [2.24, 2.45) is 0 Å². The first-order chi connectivity index (χ1) is 10.0. The summed E-state index contributed by atoms with van der Waals surface area (Å²) in [5.74, 6) is 0.467. The molecule has 2 aromatic rings. The number of sulfone groups is 1. The van der Waals surface area contributed by atoms with Crippen LogP contribution in [-0.2, 0) is 16.3 Å². The Morgan fingerprint density at radius 1 is 1.29 bits per heavy atom. The van der Waals surface area contributed by atoms with Gasteiger partial charge in [0.15, 0.2) is 15.6 Å². The molecule has 1 aromatic carbocycles. The van der Waals surface area contributed by atoms with Crippen LogP contribution in [0.5, 0.6) is 0 Å². The average Bonchev–Trinajstić information content (AvgIpc) is 3.06. The van der Waals surface area contributed by atoms with E-state index >= 15 is 0 Å². The zero-order valence-corrected chi connectivity index (χ0v) is 13.0. The number of thiazole rings is 1. The first kappa shape index (κ1) is 14.4. The van der Waals surface area contributed by atoms with Crippen molar-refractivity contribution >= 4 is 27.0 Å². The second-order valence-electron chi connectivity index (χ2n) is 5.24. The van der Waals surface area contributed by atoms with Gasteiger partial charge in [-0.15, -0.1) is 11.3 Å². The largest absolute Gasteiger partial charge is 0.294 e. The second kappa shape index (κ2) is 5.69. The summed E-state index contributed by atoms with van der Waals surface area (Å²) in [5.41, 5.74) is 1.41. The van der Waals surface area contributed by atoms with Gasteiger partial charge < -0.3 is 0 Å². The Balaban J connectivity index is 1.70. The van der Waals surface area contributed by atoms with Crippen molar-refractivity contribution in [3.63, 3.8) is 0 Å². The minimum absolute atomic E-state index is 0.000535. The first-order valence-electron chi connectivity index (χ1n) is 6.76. The quantitative estimate of drug-likeness (QED) is 0.812. The molecule has 2 heterocycles. The molecule has 0 saturated carbocycles. The third-order valence-electron chi connectivity index (χ3n) is 3.59. The maximum Gasteiger partial charge on any atom is 0.168 e. The van der Waals surface area contributed by atoms with Crippen LogP contribution >= 0.6 is 11.3 Å². The monoisotopic (exact) mass is 321 g/mol. The van der Waals surface area contributed by atoms with Gasteiger partial charge in [0, 0.05) is 16.9 Å². The maximum absolute atomic E-state index is 12.1. The number of nitrogens with zero attached hydrogens (tertiary/aromatic N) is 1. The standard InChI is InChI=1S/C15H15NO3S2/c17-14(11-4-2-1-3-5-11)8-13-9-20-15(16-13)12-6-7-21(18,19)10-12/h1-5,9,12H,6-8,10H2. The van der Waals surface area contributed by atoms with Crippen LogP contribution in [-0.4, -0.2) is 30.7 Å². The van der Waals surface area contributed by atoms with E-state index in [1.54, 1.807) is 12.1 Å². The van der Waals surface area contributed by atoms with Gasteiger partial charge in [-0.2, -0.15) is 0 Å². The molecule has 0 bridgehead atoms. The molecule has 0 aliphatic carbocycles. The summed E-state index contributed by atoms with van der Waals surface area (Å²) in [5, 5.41) is 2.70. The third kappa shape index (κ3) is 3.39. The number of rotatable bonds is 4. The molecule has 1 saturated heterocycles. The highest BCUT2D eigenvalue weighted by atomic mass is 32.2. The van der Waals surface area contributed by atoms with Crippen molar-refractivity contribution in [1.82, 2.24) is 4.98 Å². The predicted octanol–water partition coefficient (Wildman–Crippen LogP) is 2.47. The molecule has 0 N–H and O–H groups in total. The normalized spacial score (nSPS) is 20.5. The van der Waals surface area contributed by atoms with Crippen molar-refractivity contribution in [3.8, 4) is 0 Å². The molecule has 1 fully saturated rings. The topological polar surface area (TPSA) is 64.1 Å². The van der Waals surface area contributed by atoms with E-state index in [1.807, 2.05) is 23.6 Å². The van der Waals surface area contributed by atoms with Crippen molar-refractivity contribution < 1.29 is 13.2 Å². The Hall–Kier alpha value is -1.53. The molecule has 1 aliphatic heterocycles. The van der Waals surface area contributed by atoms with Gasteiger partial charge in [0.05, 0.1) is 28.6 Å². The molecular weight excluding hydrogens is 306 g/mol. The van der Waals surface area contributed by atoms with E-state index in [-0.39, 0.29) is 29.6 Å². The predicted molar refractivity (Wildman–Crippen MR) is 82.6 cm³/mol. The van der Waals surface area contributed by atoms with E-state index in [2.05, 4.69) is 4.98 Å². The van der Waals surface area contributed by atoms with Crippen LogP contribution in [0, 0.1) is 0 Å². The molecule has 0 amide bonds. The minimum atomic E-state index is -2.90. The molecule has 21 heavy (non-hydrogen) atoms. The van der Waals surface area contributed by atoms with E-state index in [0.29, 0.717) is 12.0 Å². The first-order valence-corrected chi connectivity index (χ1v) is 9.46. The van der Waals surface area contributed by atoms with Gasteiger partial charge in [0.1, 0.15) is 0 Å². The van der Waals surface area contributed by atoms with Crippen LogP contribution in [0.4, 0.5) is 0 Å². The Labute approximate surface area is 127 Å². The lowest BCUT2D eigenvalue weighted by atomic mass is 10.1. The van der Waals surface area contributed by atoms with Crippen LogP contribution in [0.3, 0.4) is 0 Å². The molecule has 1 unspecified atom stereocenters. The zero-order chi connectivity index (χ0) is 14.9. The fraction of sp³-hybridized carbons (Fsp3) is 0.333. The van der Waals surface area contributed by atoms with Crippen LogP contribution in [0.15, 0.2) is 35.7 Å². The number of benzene rings is 1. The Morgan fingerprint density at radius 3 is 2.71 bits per heavy atom. The lowest BCUT2D eigenvalue weighted by molar-refractivity contribution is 0.0992. The molecule has 1 aliphatic rings. The van der Waals surface area contributed by atoms with E-state index in [1.165, 1.54) is 11.3 Å². The van der Waals surface area contributed by atoms with Crippen LogP contribution in [0.25, 0.3) is 0 Å². The van der Waals surface area contributed by atoms with Gasteiger partial charge >= 0.3 is 0 Å². The van der Waals surface area contributed by atoms with Crippen LogP contribution in [0.1, 0.15) is 33.4 Å². The number of carbonyl (C=O) groups excluding carboxylic acids is 1. The molecule has 1 atom stereocenters. The Kier molecular flexibility index (Phi) is 3.91. The number of hydrogen-bond acceptors (Lipinski definition) is 5. The second-order valence-corrected chi connectivity index (χ2v) is 8.36. The van der Waals surface area contributed by atoms with E-state index in [9.17, 15) is 13.2 Å². The summed E-state index contributed by atoms with van der Waals surface area (Å²) in [6.45, 7) is 0. The van der Waals surface area contributed by atoms with Gasteiger partial charge in [0.25, 0.3) is 0 Å². The molecule has 110 valence electrons. The molecular formula is C15H15NO3S2. The van der Waals surface area contributed by atoms with E-state index in [4.69, 9.17) is 0 Å². The average molecular weight is 321 g/mol. The molecule has 3 rings (SSSR count). The number of carbonyl (C=O) groups is 1. The van der Waals surface area contributed by atoms with Crippen molar-refractivity contribution in [3.05, 3.63) is 52.0 Å². The van der Waals surface area contributed by atoms with E-state index < -0.39 is 9.84 Å². The van der Waals surface area contributed by atoms with Gasteiger partial charge in [-0.25, -0.2) is 13.4 Å². The molecule has 6 heteroatoms. The van der Waals surface area contributed by atoms with E-state index in [0.717, 1.165) is 10.7 Å². The summed E-state index contributed by atoms with van der Waals surface area (Å²) in [6.07, 6.45) is 0.905. The number of aromatic nitrogens is 1. The number of ketones is 1. The summed E-state index contributed by atoms with van der Waals surface area (Å²) < 4.78 is 23.0. The smallest absolute Gasteiger partial charge is 0.168 e. The minimum Gasteiger partial charge on any atom is -0.294 e. The number of Topliss-reactive ketones (excluding diaryl/α,β-unsaturated/α-hetero) is 1. The maximum atomic E-state index is 12.1. The van der Waals surface area contributed by atoms with Crippen molar-refractivity contribution in [2.75, 3.05) is 11.5 Å². The fourth-order valence-electron chi connectivity index (χ4n) is 2.47. The SMILES string of the molecule is O=C(Cc1csc(C2CCS(=O)(=O)C2)n1)c1ccccc1. The number of hydrogen-bond donors (Lipinski definition) is 0. The zero-order valence-electron chi connectivity index (χ0n) is 11.4. The summed E-state index contributed by atoms with van der Waals surface area (Å²) in [4.78, 5) is 16.6. The molecule has 0 spiro atoms. The Bertz CT molecular complexity index is 750. The van der Waals surface area contributed by atoms with Gasteiger partial charge in [0.2, 0.25) is 0 Å². The van der Waals surface area contributed by atoms with Gasteiger partial charge in [-0.1, -0.05) is 30.3 Å². The summed E-state index contributed by atoms with van der Waals surface area (Å²) in [6, 6.07) is 9.13. The van der Waals surface area contributed by atoms with Crippen LogP contribution < -0.4 is 0 Å². The van der Waals surface area contributed by atoms with Crippen molar-refractivity contribution in [1.29, 1.82) is 0 Å². The Morgan fingerprint density at radius 2 is 2.05 bits per heavy atom. The fourth-order valence-corrected chi connectivity index (χ4v) is 5.28. The lowest BCUT2D eigenvalue weighted by Crippen LogP contribution is -2.05.